The van der Waals surface area contributed by atoms with Crippen LogP contribution >= 0.6 is 11.6 Å². The summed E-state index contributed by atoms with van der Waals surface area (Å²) in [5.74, 6) is 1.17. The lowest BCUT2D eigenvalue weighted by molar-refractivity contribution is -0.127. The van der Waals surface area contributed by atoms with Crippen molar-refractivity contribution in [1.29, 1.82) is 0 Å². The Bertz CT molecular complexity index is 500. The number of nitrogens with one attached hydrogen (secondary N) is 1. The lowest BCUT2D eigenvalue weighted by Crippen LogP contribution is -2.45. The maximum atomic E-state index is 12.5. The van der Waals surface area contributed by atoms with Crippen molar-refractivity contribution in [2.45, 2.75) is 38.3 Å². The van der Waals surface area contributed by atoms with E-state index >= 15 is 0 Å². The molecule has 1 amide bonds. The van der Waals surface area contributed by atoms with Gasteiger partial charge in [0.15, 0.2) is 0 Å². The molecule has 3 N–H and O–H groups in total. The van der Waals surface area contributed by atoms with Crippen molar-refractivity contribution in [1.82, 2.24) is 5.32 Å². The van der Waals surface area contributed by atoms with Gasteiger partial charge >= 0.3 is 0 Å². The maximum Gasteiger partial charge on any atom is 0.225 e. The molecule has 108 valence electrons. The predicted molar refractivity (Wildman–Crippen MR) is 80.3 cm³/mol. The summed E-state index contributed by atoms with van der Waals surface area (Å²) in [6, 6.07) is 7.64. The van der Waals surface area contributed by atoms with Crippen LogP contribution in [0, 0.1) is 17.8 Å². The highest BCUT2D eigenvalue weighted by Crippen LogP contribution is 2.47. The molecule has 0 radical (unpaired) electrons. The number of carbonyl (C=O) groups excluding carboxylic acids is 1. The lowest BCUT2D eigenvalue weighted by Gasteiger charge is -2.28. The Kier molecular flexibility index (Phi) is 3.74. The van der Waals surface area contributed by atoms with E-state index in [-0.39, 0.29) is 23.9 Å². The summed E-state index contributed by atoms with van der Waals surface area (Å²) in [7, 11) is 0. The Morgan fingerprint density at radius 3 is 2.55 bits per heavy atom. The molecule has 20 heavy (non-hydrogen) atoms. The van der Waals surface area contributed by atoms with E-state index in [4.69, 9.17) is 17.3 Å². The Morgan fingerprint density at radius 1 is 1.30 bits per heavy atom. The molecule has 0 heterocycles. The Morgan fingerprint density at radius 2 is 1.95 bits per heavy atom. The quantitative estimate of drug-likeness (QED) is 0.900. The number of nitrogens with two attached hydrogens (primary N) is 1. The van der Waals surface area contributed by atoms with Crippen LogP contribution in [0.4, 0.5) is 0 Å². The molecule has 2 aliphatic carbocycles. The van der Waals surface area contributed by atoms with Gasteiger partial charge in [-0.3, -0.25) is 4.79 Å². The SMILES string of the molecule is C[C@H](NC(=O)C1C2CCC(C2)C1N)c1ccc(Cl)cc1. The van der Waals surface area contributed by atoms with Gasteiger partial charge in [0.2, 0.25) is 5.91 Å². The standard InChI is InChI=1S/C16H21ClN2O/c1-9(10-4-6-13(17)7-5-10)19-16(20)14-11-2-3-12(8-11)15(14)18/h4-7,9,11-12,14-15H,2-3,8,18H2,1H3,(H,19,20)/t9-,11?,12?,14?,15?/m0/s1. The summed E-state index contributed by atoms with van der Waals surface area (Å²) in [4.78, 5) is 12.5. The van der Waals surface area contributed by atoms with Gasteiger partial charge in [-0.25, -0.2) is 0 Å². The molecule has 2 saturated carbocycles. The second kappa shape index (κ2) is 5.38. The third-order valence-electron chi connectivity index (χ3n) is 5.01. The number of hydrogen-bond acceptors (Lipinski definition) is 2. The Balaban J connectivity index is 1.65. The summed E-state index contributed by atoms with van der Waals surface area (Å²) >= 11 is 5.88. The average Bonchev–Trinajstić information content (AvgIpc) is 2.99. The molecule has 2 fully saturated rings. The smallest absolute Gasteiger partial charge is 0.225 e. The van der Waals surface area contributed by atoms with E-state index in [0.29, 0.717) is 16.9 Å². The van der Waals surface area contributed by atoms with Crippen LogP contribution in [0.15, 0.2) is 24.3 Å². The third-order valence-corrected chi connectivity index (χ3v) is 5.26. The highest BCUT2D eigenvalue weighted by molar-refractivity contribution is 6.30. The average molecular weight is 293 g/mol. The van der Waals surface area contributed by atoms with Crippen molar-refractivity contribution >= 4 is 17.5 Å². The molecule has 5 atom stereocenters. The highest BCUT2D eigenvalue weighted by atomic mass is 35.5. The second-order valence-corrected chi connectivity index (χ2v) is 6.65. The minimum atomic E-state index is -0.00825. The van der Waals surface area contributed by atoms with Gasteiger partial charge in [0.1, 0.15) is 0 Å². The molecule has 0 aromatic heterocycles. The summed E-state index contributed by atoms with van der Waals surface area (Å²) < 4.78 is 0. The molecule has 0 saturated heterocycles. The van der Waals surface area contributed by atoms with Gasteiger partial charge in [-0.1, -0.05) is 23.7 Å². The fourth-order valence-corrected chi connectivity index (χ4v) is 4.00. The molecule has 3 nitrogen and oxygen atoms in total. The summed E-state index contributed by atoms with van der Waals surface area (Å²) in [6.07, 6.45) is 3.49. The van der Waals surface area contributed by atoms with E-state index in [1.165, 1.54) is 6.42 Å². The predicted octanol–water partition coefficient (Wildman–Crippen LogP) is 2.89. The molecule has 2 aliphatic rings. The van der Waals surface area contributed by atoms with Gasteiger partial charge in [0.05, 0.1) is 12.0 Å². The zero-order chi connectivity index (χ0) is 14.3. The van der Waals surface area contributed by atoms with Crippen LogP contribution in [-0.2, 0) is 4.79 Å². The Labute approximate surface area is 124 Å². The molecule has 1 aromatic carbocycles. The molecule has 2 bridgehead atoms. The van der Waals surface area contributed by atoms with Crippen LogP contribution in [0.1, 0.15) is 37.8 Å². The van der Waals surface area contributed by atoms with E-state index in [1.807, 2.05) is 31.2 Å². The number of carbonyl (C=O) groups is 1. The van der Waals surface area contributed by atoms with Gasteiger partial charge in [-0.15, -0.1) is 0 Å². The van der Waals surface area contributed by atoms with Crippen LogP contribution in [0.25, 0.3) is 0 Å². The fourth-order valence-electron chi connectivity index (χ4n) is 3.87. The van der Waals surface area contributed by atoms with Crippen LogP contribution in [-0.4, -0.2) is 11.9 Å². The van der Waals surface area contributed by atoms with Crippen LogP contribution < -0.4 is 11.1 Å². The van der Waals surface area contributed by atoms with Crippen LogP contribution in [0.2, 0.25) is 5.02 Å². The number of halogens is 1. The molecule has 4 unspecified atom stereocenters. The highest BCUT2D eigenvalue weighted by Gasteiger charge is 2.49. The van der Waals surface area contributed by atoms with E-state index < -0.39 is 0 Å². The largest absolute Gasteiger partial charge is 0.349 e. The molecule has 1 aromatic rings. The molecular formula is C16H21ClN2O. The maximum absolute atomic E-state index is 12.5. The normalized spacial score (nSPS) is 33.1. The first-order chi connectivity index (χ1) is 9.56. The minimum Gasteiger partial charge on any atom is -0.349 e. The zero-order valence-corrected chi connectivity index (χ0v) is 12.4. The van der Waals surface area contributed by atoms with Gasteiger partial charge in [-0.2, -0.15) is 0 Å². The lowest BCUT2D eigenvalue weighted by atomic mass is 9.84. The number of amides is 1. The van der Waals surface area contributed by atoms with Crippen molar-refractivity contribution in [3.8, 4) is 0 Å². The number of benzene rings is 1. The molecular weight excluding hydrogens is 272 g/mol. The Hall–Kier alpha value is -1.06. The van der Waals surface area contributed by atoms with Crippen LogP contribution in [0.5, 0.6) is 0 Å². The summed E-state index contributed by atoms with van der Waals surface area (Å²) in [5.41, 5.74) is 7.29. The number of rotatable bonds is 3. The minimum absolute atomic E-state index is 0.00324. The van der Waals surface area contributed by atoms with Gasteiger partial charge in [0, 0.05) is 11.1 Å². The first-order valence-corrected chi connectivity index (χ1v) is 7.75. The number of fused-ring (bicyclic) bond motifs is 2. The fraction of sp³-hybridized carbons (Fsp3) is 0.562. The van der Waals surface area contributed by atoms with Crippen molar-refractivity contribution in [2.24, 2.45) is 23.5 Å². The van der Waals surface area contributed by atoms with Crippen molar-refractivity contribution in [2.75, 3.05) is 0 Å². The second-order valence-electron chi connectivity index (χ2n) is 6.22. The van der Waals surface area contributed by atoms with Crippen LogP contribution in [0.3, 0.4) is 0 Å². The molecule has 4 heteroatoms. The molecule has 0 aliphatic heterocycles. The number of hydrogen-bond donors (Lipinski definition) is 2. The van der Waals surface area contributed by atoms with E-state index in [9.17, 15) is 4.79 Å². The third kappa shape index (κ3) is 2.45. The molecule has 3 rings (SSSR count). The first kappa shape index (κ1) is 13.9. The van der Waals surface area contributed by atoms with Gasteiger partial charge < -0.3 is 11.1 Å². The monoisotopic (exact) mass is 292 g/mol. The van der Waals surface area contributed by atoms with Crippen molar-refractivity contribution in [3.63, 3.8) is 0 Å². The molecule has 0 spiro atoms. The summed E-state index contributed by atoms with van der Waals surface area (Å²) in [5, 5.41) is 3.82. The van der Waals surface area contributed by atoms with E-state index in [1.54, 1.807) is 0 Å². The van der Waals surface area contributed by atoms with Gasteiger partial charge in [-0.05, 0) is 55.7 Å². The van der Waals surface area contributed by atoms with Crippen molar-refractivity contribution in [3.05, 3.63) is 34.9 Å². The topological polar surface area (TPSA) is 55.1 Å². The van der Waals surface area contributed by atoms with E-state index in [0.717, 1.165) is 18.4 Å². The van der Waals surface area contributed by atoms with Gasteiger partial charge in [0.25, 0.3) is 0 Å². The van der Waals surface area contributed by atoms with E-state index in [2.05, 4.69) is 5.32 Å². The summed E-state index contributed by atoms with van der Waals surface area (Å²) in [6.45, 7) is 2.00. The zero-order valence-electron chi connectivity index (χ0n) is 11.7. The van der Waals surface area contributed by atoms with Crippen molar-refractivity contribution < 1.29 is 4.79 Å². The first-order valence-electron chi connectivity index (χ1n) is 7.37.